The predicted octanol–water partition coefficient (Wildman–Crippen LogP) is 3.43. The zero-order valence-corrected chi connectivity index (χ0v) is 13.1. The highest BCUT2D eigenvalue weighted by Gasteiger charge is 2.43. The van der Waals surface area contributed by atoms with Crippen molar-refractivity contribution < 1.29 is 18.7 Å². The molecule has 1 saturated carbocycles. The summed E-state index contributed by atoms with van der Waals surface area (Å²) in [6, 6.07) is 3.72. The minimum Gasteiger partial charge on any atom is -0.467 e. The molecule has 0 bridgehead atoms. The molecule has 0 radical (unpaired) electrons. The van der Waals surface area contributed by atoms with Gasteiger partial charge in [-0.1, -0.05) is 0 Å². The van der Waals surface area contributed by atoms with Gasteiger partial charge in [-0.05, 0) is 33.6 Å². The van der Waals surface area contributed by atoms with Gasteiger partial charge < -0.3 is 9.15 Å². The highest BCUT2D eigenvalue weighted by atomic mass is 16.6. The van der Waals surface area contributed by atoms with Gasteiger partial charge in [-0.15, -0.1) is 0 Å². The van der Waals surface area contributed by atoms with Crippen LogP contribution < -0.4 is 5.32 Å². The van der Waals surface area contributed by atoms with Crippen LogP contribution in [0.15, 0.2) is 16.7 Å². The number of furan rings is 1. The number of nitriles is 1. The molecule has 0 aromatic carbocycles. The Kier molecular flexibility index (Phi) is 4.27. The molecular formula is C16H20N2O4. The number of anilines is 1. The van der Waals surface area contributed by atoms with Crippen LogP contribution in [0, 0.1) is 16.7 Å². The second-order valence-corrected chi connectivity index (χ2v) is 6.53. The molecule has 1 aromatic heterocycles. The molecule has 1 fully saturated rings. The third-order valence-electron chi connectivity index (χ3n) is 3.60. The molecule has 0 unspecified atom stereocenters. The summed E-state index contributed by atoms with van der Waals surface area (Å²) in [6.45, 7) is 5.31. The molecule has 118 valence electrons. The van der Waals surface area contributed by atoms with Crippen molar-refractivity contribution in [1.29, 1.82) is 5.26 Å². The van der Waals surface area contributed by atoms with E-state index in [-0.39, 0.29) is 12.2 Å². The number of amides is 1. The summed E-state index contributed by atoms with van der Waals surface area (Å²) in [6.07, 6.45) is 2.64. The molecule has 1 aromatic rings. The first-order valence-corrected chi connectivity index (χ1v) is 7.27. The van der Waals surface area contributed by atoms with Crippen LogP contribution in [0.1, 0.15) is 45.8 Å². The van der Waals surface area contributed by atoms with Crippen molar-refractivity contribution in [2.75, 3.05) is 5.32 Å². The lowest BCUT2D eigenvalue weighted by Gasteiger charge is -2.20. The molecule has 1 aliphatic carbocycles. The first-order valence-electron chi connectivity index (χ1n) is 7.27. The number of rotatable bonds is 3. The minimum absolute atomic E-state index is 0.0605. The molecule has 1 aliphatic rings. The molecule has 2 rings (SSSR count). The summed E-state index contributed by atoms with van der Waals surface area (Å²) in [4.78, 5) is 23.8. The van der Waals surface area contributed by atoms with Gasteiger partial charge in [0.15, 0.2) is 5.78 Å². The number of ketones is 1. The van der Waals surface area contributed by atoms with Gasteiger partial charge in [-0.3, -0.25) is 10.1 Å². The quantitative estimate of drug-likeness (QED) is 0.923. The summed E-state index contributed by atoms with van der Waals surface area (Å²) in [5.41, 5.74) is -1.21. The summed E-state index contributed by atoms with van der Waals surface area (Å²) in [7, 11) is 0. The first kappa shape index (κ1) is 16.1. The van der Waals surface area contributed by atoms with E-state index >= 15 is 0 Å². The number of ether oxygens (including phenoxy) is 1. The molecule has 0 spiro atoms. The van der Waals surface area contributed by atoms with E-state index < -0.39 is 17.1 Å². The molecule has 1 N–H and O–H groups in total. The summed E-state index contributed by atoms with van der Waals surface area (Å²) < 4.78 is 10.5. The molecule has 22 heavy (non-hydrogen) atoms. The van der Waals surface area contributed by atoms with Crippen molar-refractivity contribution in [1.82, 2.24) is 0 Å². The summed E-state index contributed by atoms with van der Waals surface area (Å²) >= 11 is 0. The van der Waals surface area contributed by atoms with Gasteiger partial charge in [0.1, 0.15) is 16.8 Å². The number of nitrogens with zero attached hydrogens (tertiary/aromatic N) is 1. The Labute approximate surface area is 129 Å². The van der Waals surface area contributed by atoms with Crippen LogP contribution in [0.2, 0.25) is 0 Å². The number of carbonyl (C=O) groups excluding carboxylic acids is 2. The van der Waals surface area contributed by atoms with Crippen molar-refractivity contribution in [2.45, 2.75) is 52.1 Å². The zero-order valence-electron chi connectivity index (χ0n) is 13.1. The van der Waals surface area contributed by atoms with E-state index in [0.29, 0.717) is 30.7 Å². The normalized spacial score (nSPS) is 21.5. The number of hydrogen-bond acceptors (Lipinski definition) is 5. The fourth-order valence-electron chi connectivity index (χ4n) is 2.55. The van der Waals surface area contributed by atoms with Gasteiger partial charge in [0.25, 0.3) is 0 Å². The highest BCUT2D eigenvalue weighted by molar-refractivity contribution is 5.90. The van der Waals surface area contributed by atoms with Crippen LogP contribution in [-0.2, 0) is 16.0 Å². The van der Waals surface area contributed by atoms with Crippen molar-refractivity contribution in [3.63, 3.8) is 0 Å². The number of hydrogen-bond donors (Lipinski definition) is 1. The Balaban J connectivity index is 2.12. The largest absolute Gasteiger partial charge is 0.467 e. The van der Waals surface area contributed by atoms with Gasteiger partial charge in [0, 0.05) is 18.9 Å². The fraction of sp³-hybridized carbons (Fsp3) is 0.562. The Morgan fingerprint density at radius 2 is 2.27 bits per heavy atom. The van der Waals surface area contributed by atoms with Crippen LogP contribution in [0.4, 0.5) is 10.5 Å². The second-order valence-electron chi connectivity index (χ2n) is 6.53. The maximum atomic E-state index is 12.0. The molecule has 1 atom stereocenters. The molecule has 1 heterocycles. The molecule has 0 saturated heterocycles. The predicted molar refractivity (Wildman–Crippen MR) is 79.2 cm³/mol. The van der Waals surface area contributed by atoms with Gasteiger partial charge in [0.2, 0.25) is 0 Å². The van der Waals surface area contributed by atoms with Gasteiger partial charge >= 0.3 is 6.09 Å². The van der Waals surface area contributed by atoms with E-state index in [1.807, 2.05) is 0 Å². The molecule has 0 aliphatic heterocycles. The third-order valence-corrected chi connectivity index (χ3v) is 3.60. The van der Waals surface area contributed by atoms with Crippen LogP contribution >= 0.6 is 0 Å². The Bertz CT molecular complexity index is 621. The van der Waals surface area contributed by atoms with Gasteiger partial charge in [-0.2, -0.15) is 5.26 Å². The van der Waals surface area contributed by atoms with E-state index in [1.165, 1.54) is 6.26 Å². The molecular weight excluding hydrogens is 284 g/mol. The Hall–Kier alpha value is -2.29. The first-order chi connectivity index (χ1) is 10.3. The lowest BCUT2D eigenvalue weighted by molar-refractivity contribution is -0.123. The lowest BCUT2D eigenvalue weighted by atomic mass is 9.82. The third kappa shape index (κ3) is 3.48. The molecule has 6 nitrogen and oxygen atoms in total. The SMILES string of the molecule is CC(C)(C)OC(=O)Nc1ccoc1C[C@]1(C#N)CCCC1=O. The lowest BCUT2D eigenvalue weighted by Crippen LogP contribution is -2.29. The summed E-state index contributed by atoms with van der Waals surface area (Å²) in [5, 5.41) is 12.0. The smallest absolute Gasteiger partial charge is 0.412 e. The van der Waals surface area contributed by atoms with Crippen molar-refractivity contribution in [3.05, 3.63) is 18.1 Å². The fourth-order valence-corrected chi connectivity index (χ4v) is 2.55. The van der Waals surface area contributed by atoms with Crippen LogP contribution in [0.25, 0.3) is 0 Å². The van der Waals surface area contributed by atoms with Crippen molar-refractivity contribution in [2.24, 2.45) is 5.41 Å². The van der Waals surface area contributed by atoms with E-state index in [0.717, 1.165) is 0 Å². The van der Waals surface area contributed by atoms with Gasteiger partial charge in [-0.25, -0.2) is 4.79 Å². The van der Waals surface area contributed by atoms with Crippen LogP contribution in [0.5, 0.6) is 0 Å². The molecule has 1 amide bonds. The topological polar surface area (TPSA) is 92.3 Å². The van der Waals surface area contributed by atoms with E-state index in [2.05, 4.69) is 11.4 Å². The van der Waals surface area contributed by atoms with E-state index in [4.69, 9.17) is 9.15 Å². The Morgan fingerprint density at radius 3 is 2.82 bits per heavy atom. The monoisotopic (exact) mass is 304 g/mol. The van der Waals surface area contributed by atoms with E-state index in [9.17, 15) is 14.9 Å². The number of Topliss-reactive ketones (excluding diaryl/α,β-unsaturated/α-hetero) is 1. The minimum atomic E-state index is -1.04. The maximum Gasteiger partial charge on any atom is 0.412 e. The number of nitrogens with one attached hydrogen (secondary N) is 1. The van der Waals surface area contributed by atoms with Gasteiger partial charge in [0.05, 0.1) is 18.0 Å². The number of carbonyl (C=O) groups is 2. The Morgan fingerprint density at radius 1 is 1.55 bits per heavy atom. The average molecular weight is 304 g/mol. The summed E-state index contributed by atoms with van der Waals surface area (Å²) in [5.74, 6) is 0.359. The van der Waals surface area contributed by atoms with Crippen molar-refractivity contribution in [3.8, 4) is 6.07 Å². The van der Waals surface area contributed by atoms with E-state index in [1.54, 1.807) is 26.8 Å². The van der Waals surface area contributed by atoms with Crippen LogP contribution in [0.3, 0.4) is 0 Å². The van der Waals surface area contributed by atoms with Crippen molar-refractivity contribution >= 4 is 17.6 Å². The average Bonchev–Trinajstić information content (AvgIpc) is 2.96. The highest BCUT2D eigenvalue weighted by Crippen LogP contribution is 2.39. The maximum absolute atomic E-state index is 12.0. The zero-order chi connectivity index (χ0) is 16.4. The molecule has 6 heteroatoms. The second kappa shape index (κ2) is 5.84. The standard InChI is InChI=1S/C16H20N2O4/c1-15(2,3)22-14(20)18-11-6-8-21-12(11)9-16(10-17)7-4-5-13(16)19/h6,8H,4-5,7,9H2,1-3H3,(H,18,20)/t16-/m0/s1. The van der Waals surface area contributed by atoms with Crippen LogP contribution in [-0.4, -0.2) is 17.5 Å².